The quantitative estimate of drug-likeness (QED) is 0.548. The highest BCUT2D eigenvalue weighted by molar-refractivity contribution is 7.99. The maximum absolute atomic E-state index is 12.0. The first-order chi connectivity index (χ1) is 13.1. The maximum atomic E-state index is 12.0. The lowest BCUT2D eigenvalue weighted by molar-refractivity contribution is -0.115. The van der Waals surface area contributed by atoms with Gasteiger partial charge in [0.2, 0.25) is 11.8 Å². The third-order valence-electron chi connectivity index (χ3n) is 3.85. The number of aromatic nitrogens is 2. The third kappa shape index (κ3) is 6.15. The van der Waals surface area contributed by atoms with Crippen LogP contribution in [0, 0.1) is 6.92 Å². The molecule has 0 radical (unpaired) electrons. The van der Waals surface area contributed by atoms with Crippen LogP contribution in [0.3, 0.4) is 0 Å². The van der Waals surface area contributed by atoms with E-state index in [2.05, 4.69) is 58.8 Å². The fourth-order valence-electron chi connectivity index (χ4n) is 2.37. The zero-order chi connectivity index (χ0) is 19.1. The normalized spacial score (nSPS) is 10.7. The molecule has 0 saturated carbocycles. The molecule has 0 fully saturated rings. The van der Waals surface area contributed by atoms with E-state index in [1.165, 1.54) is 10.5 Å². The molecular weight excluding hydrogens is 378 g/mol. The van der Waals surface area contributed by atoms with Gasteiger partial charge in [-0.15, -0.1) is 28.6 Å². The topological polar surface area (TPSA) is 68.0 Å². The molecule has 1 heterocycles. The minimum atomic E-state index is -0.130. The van der Waals surface area contributed by atoms with Gasteiger partial charge in [-0.3, -0.25) is 10.1 Å². The number of nitrogens with zero attached hydrogens (tertiary/aromatic N) is 2. The number of hydrogen-bond acceptors (Lipinski definition) is 6. The average molecular weight is 400 g/mol. The van der Waals surface area contributed by atoms with Crippen LogP contribution in [-0.4, -0.2) is 28.1 Å². The Labute approximate surface area is 167 Å². The number of benzene rings is 2. The van der Waals surface area contributed by atoms with Gasteiger partial charge < -0.3 is 4.42 Å². The molecule has 0 aliphatic rings. The summed E-state index contributed by atoms with van der Waals surface area (Å²) in [5.74, 6) is 1.04. The molecule has 0 atom stereocenters. The molecule has 3 aromatic rings. The molecule has 1 N–H and O–H groups in total. The summed E-state index contributed by atoms with van der Waals surface area (Å²) in [4.78, 5) is 14.4. The average Bonchev–Trinajstić information content (AvgIpc) is 3.10. The molecular formula is C20H21N3O2S2. The van der Waals surface area contributed by atoms with E-state index < -0.39 is 0 Å². The minimum Gasteiger partial charge on any atom is -0.407 e. The van der Waals surface area contributed by atoms with Crippen molar-refractivity contribution < 1.29 is 9.21 Å². The van der Waals surface area contributed by atoms with E-state index in [1.54, 1.807) is 23.5 Å². The molecule has 2 aromatic carbocycles. The Hall–Kier alpha value is -2.25. The van der Waals surface area contributed by atoms with Gasteiger partial charge in [0.1, 0.15) is 0 Å². The Balaban J connectivity index is 1.45. The number of carbonyl (C=O) groups excluding carboxylic acids is 1. The first-order valence-corrected chi connectivity index (χ1v) is 10.8. The van der Waals surface area contributed by atoms with Crippen LogP contribution >= 0.6 is 23.5 Å². The standard InChI is InChI=1S/C20H21N3O2S2/c1-14-3-7-17(8-4-14)27-12-11-18(24)21-20-23-22-19(25-20)13-15-5-9-16(26-2)10-6-15/h3-10H,11-13H2,1-2H3,(H,21,23,24). The smallest absolute Gasteiger partial charge is 0.322 e. The molecule has 5 nitrogen and oxygen atoms in total. The molecule has 0 aliphatic heterocycles. The van der Waals surface area contributed by atoms with Gasteiger partial charge in [-0.1, -0.05) is 34.9 Å². The van der Waals surface area contributed by atoms with Crippen LogP contribution in [-0.2, 0) is 11.2 Å². The van der Waals surface area contributed by atoms with Crippen LogP contribution in [0.1, 0.15) is 23.4 Å². The zero-order valence-electron chi connectivity index (χ0n) is 15.3. The number of anilines is 1. The second kappa shape index (κ2) is 9.62. The fourth-order valence-corrected chi connectivity index (χ4v) is 3.63. The highest BCUT2D eigenvalue weighted by Crippen LogP contribution is 2.20. The van der Waals surface area contributed by atoms with Crippen molar-refractivity contribution in [3.05, 3.63) is 65.5 Å². The Morgan fingerprint density at radius 2 is 1.74 bits per heavy atom. The fraction of sp³-hybridized carbons (Fsp3) is 0.250. The minimum absolute atomic E-state index is 0.130. The Kier molecular flexibility index (Phi) is 6.95. The van der Waals surface area contributed by atoms with Crippen LogP contribution in [0.15, 0.2) is 62.7 Å². The second-order valence-electron chi connectivity index (χ2n) is 5.99. The largest absolute Gasteiger partial charge is 0.407 e. The maximum Gasteiger partial charge on any atom is 0.322 e. The van der Waals surface area contributed by atoms with E-state index in [1.807, 2.05) is 18.4 Å². The first-order valence-electron chi connectivity index (χ1n) is 8.57. The van der Waals surface area contributed by atoms with Crippen molar-refractivity contribution in [3.63, 3.8) is 0 Å². The van der Waals surface area contributed by atoms with Crippen molar-refractivity contribution in [1.29, 1.82) is 0 Å². The van der Waals surface area contributed by atoms with E-state index >= 15 is 0 Å². The van der Waals surface area contributed by atoms with E-state index in [-0.39, 0.29) is 11.9 Å². The summed E-state index contributed by atoms with van der Waals surface area (Å²) in [6.07, 6.45) is 2.97. The molecule has 7 heteroatoms. The van der Waals surface area contributed by atoms with Crippen molar-refractivity contribution in [2.24, 2.45) is 0 Å². The lowest BCUT2D eigenvalue weighted by Gasteiger charge is -2.02. The summed E-state index contributed by atoms with van der Waals surface area (Å²) in [6.45, 7) is 2.06. The predicted molar refractivity (Wildman–Crippen MR) is 110 cm³/mol. The Morgan fingerprint density at radius 1 is 1.04 bits per heavy atom. The predicted octanol–water partition coefficient (Wildman–Crippen LogP) is 4.81. The molecule has 0 spiro atoms. The van der Waals surface area contributed by atoms with E-state index in [9.17, 15) is 4.79 Å². The van der Waals surface area contributed by atoms with E-state index in [0.717, 1.165) is 10.5 Å². The summed E-state index contributed by atoms with van der Waals surface area (Å²) < 4.78 is 5.53. The lowest BCUT2D eigenvalue weighted by atomic mass is 10.1. The SMILES string of the molecule is CSc1ccc(Cc2nnc(NC(=O)CCSc3ccc(C)cc3)o2)cc1. The van der Waals surface area contributed by atoms with Gasteiger partial charge in [0.25, 0.3) is 0 Å². The molecule has 0 bridgehead atoms. The number of amides is 1. The van der Waals surface area contributed by atoms with Crippen LogP contribution in [0.5, 0.6) is 0 Å². The third-order valence-corrected chi connectivity index (χ3v) is 5.60. The van der Waals surface area contributed by atoms with Gasteiger partial charge in [-0.2, -0.15) is 0 Å². The van der Waals surface area contributed by atoms with Crippen molar-refractivity contribution in [2.45, 2.75) is 29.6 Å². The van der Waals surface area contributed by atoms with Gasteiger partial charge >= 0.3 is 6.01 Å². The molecule has 0 unspecified atom stereocenters. The van der Waals surface area contributed by atoms with Crippen LogP contribution in [0.2, 0.25) is 0 Å². The Bertz CT molecular complexity index is 877. The van der Waals surface area contributed by atoms with E-state index in [0.29, 0.717) is 24.5 Å². The Morgan fingerprint density at radius 3 is 2.44 bits per heavy atom. The van der Waals surface area contributed by atoms with Gasteiger partial charge in [0.05, 0.1) is 6.42 Å². The number of rotatable bonds is 8. The zero-order valence-corrected chi connectivity index (χ0v) is 16.9. The lowest BCUT2D eigenvalue weighted by Crippen LogP contribution is -2.12. The summed E-state index contributed by atoms with van der Waals surface area (Å²) in [6, 6.07) is 16.6. The second-order valence-corrected chi connectivity index (χ2v) is 8.03. The van der Waals surface area contributed by atoms with E-state index in [4.69, 9.17) is 4.42 Å². The number of hydrogen-bond donors (Lipinski definition) is 1. The summed E-state index contributed by atoms with van der Waals surface area (Å²) in [7, 11) is 0. The molecule has 1 amide bonds. The van der Waals surface area contributed by atoms with Crippen LogP contribution in [0.25, 0.3) is 0 Å². The molecule has 140 valence electrons. The molecule has 27 heavy (non-hydrogen) atoms. The van der Waals surface area contributed by atoms with Crippen molar-refractivity contribution in [1.82, 2.24) is 10.2 Å². The molecule has 0 saturated heterocycles. The molecule has 3 rings (SSSR count). The van der Waals surface area contributed by atoms with Crippen LogP contribution < -0.4 is 5.32 Å². The number of thioether (sulfide) groups is 2. The summed E-state index contributed by atoms with van der Waals surface area (Å²) in [5, 5.41) is 10.6. The van der Waals surface area contributed by atoms with Gasteiger partial charge in [-0.25, -0.2) is 0 Å². The highest BCUT2D eigenvalue weighted by atomic mass is 32.2. The van der Waals surface area contributed by atoms with Gasteiger partial charge in [0.15, 0.2) is 0 Å². The number of nitrogens with one attached hydrogen (secondary N) is 1. The van der Waals surface area contributed by atoms with Crippen LogP contribution in [0.4, 0.5) is 6.01 Å². The monoisotopic (exact) mass is 399 g/mol. The van der Waals surface area contributed by atoms with Crippen molar-refractivity contribution in [3.8, 4) is 0 Å². The summed E-state index contributed by atoms with van der Waals surface area (Å²) in [5.41, 5.74) is 2.31. The van der Waals surface area contributed by atoms with Crippen molar-refractivity contribution in [2.75, 3.05) is 17.3 Å². The molecule has 1 aromatic heterocycles. The van der Waals surface area contributed by atoms with Crippen molar-refractivity contribution >= 4 is 35.4 Å². The first kappa shape index (κ1) is 19.5. The van der Waals surface area contributed by atoms with Gasteiger partial charge in [-0.05, 0) is 43.0 Å². The molecule has 0 aliphatic carbocycles. The summed E-state index contributed by atoms with van der Waals surface area (Å²) >= 11 is 3.35. The van der Waals surface area contributed by atoms with Gasteiger partial charge in [0, 0.05) is 22.0 Å². The highest BCUT2D eigenvalue weighted by Gasteiger charge is 2.10. The number of aryl methyl sites for hydroxylation is 1. The number of carbonyl (C=O) groups is 1.